The number of thioether (sulfide) groups is 1. The van der Waals surface area contributed by atoms with Gasteiger partial charge in [-0.1, -0.05) is 36.4 Å². The molecule has 2 aromatic carbocycles. The molecule has 1 atom stereocenters. The van der Waals surface area contributed by atoms with E-state index in [2.05, 4.69) is 55.5 Å². The van der Waals surface area contributed by atoms with Crippen molar-refractivity contribution in [2.24, 2.45) is 5.73 Å². The summed E-state index contributed by atoms with van der Waals surface area (Å²) in [5.41, 5.74) is 9.90. The third kappa shape index (κ3) is 4.41. The molecular formula is C17H21NS. The molecule has 0 saturated carbocycles. The molecule has 2 aromatic rings. The monoisotopic (exact) mass is 271 g/mol. The van der Waals surface area contributed by atoms with Gasteiger partial charge in [0.1, 0.15) is 0 Å². The van der Waals surface area contributed by atoms with Gasteiger partial charge < -0.3 is 5.73 Å². The van der Waals surface area contributed by atoms with Crippen molar-refractivity contribution in [1.82, 2.24) is 0 Å². The van der Waals surface area contributed by atoms with Gasteiger partial charge in [0.25, 0.3) is 0 Å². The van der Waals surface area contributed by atoms with Crippen LogP contribution >= 0.6 is 11.8 Å². The lowest BCUT2D eigenvalue weighted by Gasteiger charge is -2.08. The Morgan fingerprint density at radius 3 is 2.37 bits per heavy atom. The molecule has 100 valence electrons. The second kappa shape index (κ2) is 6.78. The van der Waals surface area contributed by atoms with Crippen molar-refractivity contribution in [3.05, 3.63) is 65.2 Å². The molecule has 1 nitrogen and oxygen atoms in total. The lowest BCUT2D eigenvalue weighted by molar-refractivity contribution is 0.737. The fourth-order valence-corrected chi connectivity index (χ4v) is 3.00. The van der Waals surface area contributed by atoms with Crippen LogP contribution in [0.3, 0.4) is 0 Å². The summed E-state index contributed by atoms with van der Waals surface area (Å²) in [7, 11) is 0. The van der Waals surface area contributed by atoms with E-state index in [9.17, 15) is 0 Å². The van der Waals surface area contributed by atoms with E-state index >= 15 is 0 Å². The predicted octanol–water partition coefficient (Wildman–Crippen LogP) is 4.18. The Labute approximate surface area is 120 Å². The van der Waals surface area contributed by atoms with Crippen molar-refractivity contribution in [3.8, 4) is 0 Å². The molecular weight excluding hydrogens is 250 g/mol. The molecule has 0 amide bonds. The molecule has 1 unspecified atom stereocenters. The minimum Gasteiger partial charge on any atom is -0.328 e. The Kier molecular flexibility index (Phi) is 5.06. The maximum atomic E-state index is 5.81. The van der Waals surface area contributed by atoms with E-state index in [0.717, 1.165) is 12.2 Å². The largest absolute Gasteiger partial charge is 0.328 e. The van der Waals surface area contributed by atoms with Crippen LogP contribution in [0.5, 0.6) is 0 Å². The maximum Gasteiger partial charge on any atom is 0.0234 e. The van der Waals surface area contributed by atoms with E-state index < -0.39 is 0 Å². The highest BCUT2D eigenvalue weighted by Crippen LogP contribution is 2.24. The topological polar surface area (TPSA) is 26.0 Å². The first-order chi connectivity index (χ1) is 9.15. The number of nitrogens with two attached hydrogens (primary N) is 1. The summed E-state index contributed by atoms with van der Waals surface area (Å²) in [6.07, 6.45) is 0.947. The van der Waals surface area contributed by atoms with E-state index in [1.54, 1.807) is 0 Å². The predicted molar refractivity (Wildman–Crippen MR) is 84.5 cm³/mol. The average Bonchev–Trinajstić information content (AvgIpc) is 2.39. The summed E-state index contributed by atoms with van der Waals surface area (Å²) >= 11 is 1.88. The molecule has 2 N–H and O–H groups in total. The normalized spacial score (nSPS) is 12.4. The first-order valence-corrected chi connectivity index (χ1v) is 7.65. The second-order valence-corrected chi connectivity index (χ2v) is 6.09. The van der Waals surface area contributed by atoms with Crippen molar-refractivity contribution in [2.45, 2.75) is 37.0 Å². The fourth-order valence-electron chi connectivity index (χ4n) is 2.03. The van der Waals surface area contributed by atoms with Crippen LogP contribution in [-0.4, -0.2) is 6.04 Å². The van der Waals surface area contributed by atoms with Gasteiger partial charge in [-0.25, -0.2) is 0 Å². The van der Waals surface area contributed by atoms with Crippen molar-refractivity contribution in [2.75, 3.05) is 0 Å². The van der Waals surface area contributed by atoms with Crippen LogP contribution in [0.15, 0.2) is 53.4 Å². The Bertz CT molecular complexity index is 517. The van der Waals surface area contributed by atoms with Crippen LogP contribution in [0.25, 0.3) is 0 Å². The molecule has 2 heteroatoms. The number of hydrogen-bond acceptors (Lipinski definition) is 2. The zero-order valence-electron chi connectivity index (χ0n) is 11.6. The van der Waals surface area contributed by atoms with Crippen molar-refractivity contribution in [3.63, 3.8) is 0 Å². The van der Waals surface area contributed by atoms with Crippen LogP contribution in [0, 0.1) is 6.92 Å². The lowest BCUT2D eigenvalue weighted by Crippen LogP contribution is -2.17. The van der Waals surface area contributed by atoms with Crippen LogP contribution < -0.4 is 5.73 Å². The minimum absolute atomic E-state index is 0.227. The third-order valence-electron chi connectivity index (χ3n) is 3.14. The first-order valence-electron chi connectivity index (χ1n) is 6.67. The summed E-state index contributed by atoms with van der Waals surface area (Å²) < 4.78 is 0. The van der Waals surface area contributed by atoms with Gasteiger partial charge in [0.05, 0.1) is 0 Å². The number of aryl methyl sites for hydroxylation is 1. The molecule has 0 bridgehead atoms. The molecule has 0 aromatic heterocycles. The summed E-state index contributed by atoms with van der Waals surface area (Å²) in [4.78, 5) is 1.32. The van der Waals surface area contributed by atoms with Gasteiger partial charge in [-0.3, -0.25) is 0 Å². The van der Waals surface area contributed by atoms with Crippen molar-refractivity contribution < 1.29 is 0 Å². The highest BCUT2D eigenvalue weighted by molar-refractivity contribution is 7.98. The molecule has 0 radical (unpaired) electrons. The van der Waals surface area contributed by atoms with Crippen LogP contribution in [-0.2, 0) is 12.2 Å². The first kappa shape index (κ1) is 14.2. The van der Waals surface area contributed by atoms with Gasteiger partial charge in [-0.15, -0.1) is 11.8 Å². The third-order valence-corrected chi connectivity index (χ3v) is 4.20. The summed E-state index contributed by atoms with van der Waals surface area (Å²) in [6.45, 7) is 4.21. The van der Waals surface area contributed by atoms with Gasteiger partial charge in [-0.2, -0.15) is 0 Å². The maximum absolute atomic E-state index is 5.81. The zero-order valence-corrected chi connectivity index (χ0v) is 12.4. The molecule has 0 aliphatic rings. The van der Waals surface area contributed by atoms with Gasteiger partial charge in [0.15, 0.2) is 0 Å². The Morgan fingerprint density at radius 2 is 1.74 bits per heavy atom. The highest BCUT2D eigenvalue weighted by atomic mass is 32.2. The van der Waals surface area contributed by atoms with E-state index in [1.807, 2.05) is 18.7 Å². The van der Waals surface area contributed by atoms with Crippen molar-refractivity contribution in [1.29, 1.82) is 0 Å². The molecule has 19 heavy (non-hydrogen) atoms. The number of rotatable bonds is 5. The molecule has 0 spiro atoms. The Balaban J connectivity index is 1.95. The van der Waals surface area contributed by atoms with E-state index in [4.69, 9.17) is 5.73 Å². The Hall–Kier alpha value is -1.25. The van der Waals surface area contributed by atoms with Gasteiger partial charge >= 0.3 is 0 Å². The Morgan fingerprint density at radius 1 is 1.05 bits per heavy atom. The summed E-state index contributed by atoms with van der Waals surface area (Å²) in [5, 5.41) is 0. The van der Waals surface area contributed by atoms with E-state index in [0.29, 0.717) is 0 Å². The lowest BCUT2D eigenvalue weighted by atomic mass is 10.1. The highest BCUT2D eigenvalue weighted by Gasteiger charge is 2.01. The van der Waals surface area contributed by atoms with Crippen LogP contribution in [0.1, 0.15) is 23.6 Å². The van der Waals surface area contributed by atoms with E-state index in [1.165, 1.54) is 21.6 Å². The summed E-state index contributed by atoms with van der Waals surface area (Å²) in [6, 6.07) is 17.6. The zero-order chi connectivity index (χ0) is 13.7. The number of hydrogen-bond donors (Lipinski definition) is 1. The molecule has 0 saturated heterocycles. The molecule has 0 aliphatic carbocycles. The van der Waals surface area contributed by atoms with Crippen molar-refractivity contribution >= 4 is 11.8 Å². The second-order valence-electron chi connectivity index (χ2n) is 5.04. The smallest absolute Gasteiger partial charge is 0.0234 e. The van der Waals surface area contributed by atoms with E-state index in [-0.39, 0.29) is 6.04 Å². The molecule has 0 heterocycles. The average molecular weight is 271 g/mol. The fraction of sp³-hybridized carbons (Fsp3) is 0.294. The molecule has 0 fully saturated rings. The standard InChI is InChI=1S/C17H21NS/c1-13-5-3-4-6-16(13)12-19-17-9-7-15(8-10-17)11-14(2)18/h3-10,14H,11-12,18H2,1-2H3. The van der Waals surface area contributed by atoms with Crippen LogP contribution in [0.2, 0.25) is 0 Å². The molecule has 2 rings (SSSR count). The molecule has 0 aliphatic heterocycles. The number of benzene rings is 2. The van der Waals surface area contributed by atoms with Crippen LogP contribution in [0.4, 0.5) is 0 Å². The SMILES string of the molecule is Cc1ccccc1CSc1ccc(CC(C)N)cc1. The van der Waals surface area contributed by atoms with Gasteiger partial charge in [-0.05, 0) is 49.1 Å². The minimum atomic E-state index is 0.227. The summed E-state index contributed by atoms with van der Waals surface area (Å²) in [5.74, 6) is 1.03. The van der Waals surface area contributed by atoms with Gasteiger partial charge in [0.2, 0.25) is 0 Å². The quantitative estimate of drug-likeness (QED) is 0.826. The van der Waals surface area contributed by atoms with Gasteiger partial charge in [0, 0.05) is 16.7 Å².